The first kappa shape index (κ1) is 16.4. The van der Waals surface area contributed by atoms with E-state index in [1.807, 2.05) is 24.0 Å². The van der Waals surface area contributed by atoms with E-state index >= 15 is 0 Å². The zero-order chi connectivity index (χ0) is 17.1. The van der Waals surface area contributed by atoms with Crippen LogP contribution in [0.4, 0.5) is 5.82 Å². The lowest BCUT2D eigenvalue weighted by Gasteiger charge is -2.29. The van der Waals surface area contributed by atoms with E-state index in [9.17, 15) is 4.79 Å². The summed E-state index contributed by atoms with van der Waals surface area (Å²) in [7, 11) is 0. The summed E-state index contributed by atoms with van der Waals surface area (Å²) < 4.78 is 0. The fraction of sp³-hybridized carbons (Fsp3) is 0.421. The van der Waals surface area contributed by atoms with Gasteiger partial charge < -0.3 is 9.80 Å². The quantitative estimate of drug-likeness (QED) is 0.868. The third-order valence-electron chi connectivity index (χ3n) is 4.55. The Balaban J connectivity index is 1.85. The summed E-state index contributed by atoms with van der Waals surface area (Å²) in [6.07, 6.45) is 0.898. The summed E-state index contributed by atoms with van der Waals surface area (Å²) in [5.41, 5.74) is 3.06. The Labute approximate surface area is 143 Å². The molecule has 2 heterocycles. The number of fused-ring (bicyclic) bond motifs is 1. The monoisotopic (exact) mass is 324 g/mol. The van der Waals surface area contributed by atoms with Gasteiger partial charge in [0.1, 0.15) is 17.3 Å². The third kappa shape index (κ3) is 3.25. The number of carbonyl (C=O) groups excluding carboxylic acids is 1. The van der Waals surface area contributed by atoms with Crippen LogP contribution in [-0.2, 0) is 13.0 Å². The molecule has 0 N–H and O–H groups in total. The minimum atomic E-state index is -0.0107. The van der Waals surface area contributed by atoms with Gasteiger partial charge in [0.15, 0.2) is 0 Å². The molecular weight excluding hydrogens is 300 g/mol. The van der Waals surface area contributed by atoms with Crippen LogP contribution in [0.25, 0.3) is 0 Å². The Bertz CT molecular complexity index is 740. The molecule has 3 rings (SSSR count). The molecule has 0 saturated heterocycles. The lowest BCUT2D eigenvalue weighted by atomic mass is 10.00. The van der Waals surface area contributed by atoms with Gasteiger partial charge in [0.25, 0.3) is 5.91 Å². The van der Waals surface area contributed by atoms with E-state index in [-0.39, 0.29) is 5.91 Å². The smallest absolute Gasteiger partial charge is 0.272 e. The maximum Gasteiger partial charge on any atom is 0.272 e. The number of anilines is 1. The average molecular weight is 324 g/mol. The highest BCUT2D eigenvalue weighted by Crippen LogP contribution is 2.21. The molecule has 0 bridgehead atoms. The fourth-order valence-corrected chi connectivity index (χ4v) is 3.20. The van der Waals surface area contributed by atoms with Crippen LogP contribution in [0, 0.1) is 6.92 Å². The first-order chi connectivity index (χ1) is 11.6. The van der Waals surface area contributed by atoms with E-state index in [1.165, 1.54) is 11.1 Å². The van der Waals surface area contributed by atoms with Crippen molar-refractivity contribution < 1.29 is 4.79 Å². The highest BCUT2D eigenvalue weighted by Gasteiger charge is 2.23. The molecule has 1 aliphatic heterocycles. The predicted octanol–water partition coefficient (Wildman–Crippen LogP) is 2.83. The van der Waals surface area contributed by atoms with E-state index in [1.54, 1.807) is 0 Å². The van der Waals surface area contributed by atoms with Crippen molar-refractivity contribution in [3.63, 3.8) is 0 Å². The van der Waals surface area contributed by atoms with Gasteiger partial charge in [0, 0.05) is 32.2 Å². The van der Waals surface area contributed by atoms with E-state index in [0.717, 1.165) is 31.9 Å². The van der Waals surface area contributed by atoms with Crippen molar-refractivity contribution in [3.8, 4) is 0 Å². The molecular formula is C19H24N4O. The van der Waals surface area contributed by atoms with Gasteiger partial charge >= 0.3 is 0 Å². The second kappa shape index (κ2) is 6.99. The van der Waals surface area contributed by atoms with Gasteiger partial charge in [-0.25, -0.2) is 9.97 Å². The number of amides is 1. The van der Waals surface area contributed by atoms with Crippen molar-refractivity contribution in [2.75, 3.05) is 24.5 Å². The molecule has 0 aliphatic carbocycles. The third-order valence-corrected chi connectivity index (χ3v) is 4.55. The number of hydrogen-bond acceptors (Lipinski definition) is 4. The van der Waals surface area contributed by atoms with Crippen molar-refractivity contribution >= 4 is 11.7 Å². The molecule has 2 aromatic rings. The zero-order valence-corrected chi connectivity index (χ0v) is 14.6. The van der Waals surface area contributed by atoms with Gasteiger partial charge in [0.2, 0.25) is 0 Å². The average Bonchev–Trinajstić information content (AvgIpc) is 2.61. The summed E-state index contributed by atoms with van der Waals surface area (Å²) >= 11 is 0. The summed E-state index contributed by atoms with van der Waals surface area (Å²) in [6, 6.07) is 10.1. The van der Waals surface area contributed by atoms with Crippen LogP contribution >= 0.6 is 0 Å². The minimum Gasteiger partial charge on any atom is -0.357 e. The molecule has 5 nitrogen and oxygen atoms in total. The normalized spacial score (nSPS) is 13.5. The number of rotatable bonds is 4. The Hall–Kier alpha value is -2.43. The van der Waals surface area contributed by atoms with Crippen molar-refractivity contribution in [2.24, 2.45) is 0 Å². The number of carbonyl (C=O) groups is 1. The molecule has 5 heteroatoms. The predicted molar refractivity (Wildman–Crippen MR) is 95.2 cm³/mol. The molecule has 1 amide bonds. The highest BCUT2D eigenvalue weighted by molar-refractivity contribution is 5.93. The SMILES string of the molecule is CCN(CC)c1cc(C(=O)N2CCc3ccccc3C2)nc(C)n1. The van der Waals surface area contributed by atoms with Crippen molar-refractivity contribution in [3.05, 3.63) is 53.0 Å². The molecule has 0 saturated carbocycles. The first-order valence-electron chi connectivity index (χ1n) is 8.59. The van der Waals surface area contributed by atoms with E-state index in [2.05, 4.69) is 46.9 Å². The standard InChI is InChI=1S/C19H24N4O/c1-4-22(5-2)18-12-17(20-14(3)21-18)19(24)23-11-10-15-8-6-7-9-16(15)13-23/h6-9,12H,4-5,10-11,13H2,1-3H3. The molecule has 1 aromatic heterocycles. The molecule has 1 aromatic carbocycles. The number of aromatic nitrogens is 2. The van der Waals surface area contributed by atoms with Crippen molar-refractivity contribution in [1.29, 1.82) is 0 Å². The molecule has 0 atom stereocenters. The van der Waals surface area contributed by atoms with Crippen LogP contribution in [0.15, 0.2) is 30.3 Å². The van der Waals surface area contributed by atoms with Gasteiger partial charge in [-0.2, -0.15) is 0 Å². The van der Waals surface area contributed by atoms with E-state index in [0.29, 0.717) is 18.1 Å². The number of hydrogen-bond donors (Lipinski definition) is 0. The summed E-state index contributed by atoms with van der Waals surface area (Å²) in [6.45, 7) is 9.12. The maximum atomic E-state index is 12.9. The van der Waals surface area contributed by atoms with Crippen LogP contribution in [-0.4, -0.2) is 40.4 Å². The van der Waals surface area contributed by atoms with Crippen LogP contribution in [0.2, 0.25) is 0 Å². The van der Waals surface area contributed by atoms with Gasteiger partial charge in [-0.15, -0.1) is 0 Å². The van der Waals surface area contributed by atoms with Crippen LogP contribution in [0.3, 0.4) is 0 Å². The molecule has 126 valence electrons. The Morgan fingerprint density at radius 2 is 1.88 bits per heavy atom. The Kier molecular flexibility index (Phi) is 4.79. The van der Waals surface area contributed by atoms with Gasteiger partial charge in [-0.3, -0.25) is 4.79 Å². The molecule has 0 radical (unpaired) electrons. The maximum absolute atomic E-state index is 12.9. The van der Waals surface area contributed by atoms with Crippen LogP contribution in [0.5, 0.6) is 0 Å². The summed E-state index contributed by atoms with van der Waals surface area (Å²) in [4.78, 5) is 25.8. The highest BCUT2D eigenvalue weighted by atomic mass is 16.2. The first-order valence-corrected chi connectivity index (χ1v) is 8.59. The summed E-state index contributed by atoms with van der Waals surface area (Å²) in [5.74, 6) is 1.46. The lowest BCUT2D eigenvalue weighted by molar-refractivity contribution is 0.0728. The minimum absolute atomic E-state index is 0.0107. The van der Waals surface area contributed by atoms with Crippen LogP contribution < -0.4 is 4.90 Å². The van der Waals surface area contributed by atoms with Gasteiger partial charge in [-0.05, 0) is 38.3 Å². The zero-order valence-electron chi connectivity index (χ0n) is 14.6. The molecule has 0 spiro atoms. The summed E-state index contributed by atoms with van der Waals surface area (Å²) in [5, 5.41) is 0. The second-order valence-electron chi connectivity index (χ2n) is 6.08. The van der Waals surface area contributed by atoms with Crippen LogP contribution in [0.1, 0.15) is 41.3 Å². The number of aryl methyl sites for hydroxylation is 1. The van der Waals surface area contributed by atoms with Gasteiger partial charge in [0.05, 0.1) is 0 Å². The van der Waals surface area contributed by atoms with E-state index in [4.69, 9.17) is 0 Å². The largest absolute Gasteiger partial charge is 0.357 e. The Morgan fingerprint density at radius 1 is 1.17 bits per heavy atom. The number of nitrogens with zero attached hydrogens (tertiary/aromatic N) is 4. The lowest BCUT2D eigenvalue weighted by Crippen LogP contribution is -2.36. The molecule has 1 aliphatic rings. The van der Waals surface area contributed by atoms with Crippen molar-refractivity contribution in [1.82, 2.24) is 14.9 Å². The van der Waals surface area contributed by atoms with Crippen molar-refractivity contribution in [2.45, 2.75) is 33.7 Å². The molecule has 0 unspecified atom stereocenters. The molecule has 0 fully saturated rings. The number of benzene rings is 1. The van der Waals surface area contributed by atoms with Gasteiger partial charge in [-0.1, -0.05) is 24.3 Å². The second-order valence-corrected chi connectivity index (χ2v) is 6.08. The Morgan fingerprint density at radius 3 is 2.58 bits per heavy atom. The fourth-order valence-electron chi connectivity index (χ4n) is 3.20. The molecule has 24 heavy (non-hydrogen) atoms. The van der Waals surface area contributed by atoms with E-state index < -0.39 is 0 Å². The topological polar surface area (TPSA) is 49.3 Å².